The second kappa shape index (κ2) is 3.68. The van der Waals surface area contributed by atoms with E-state index >= 15 is 0 Å². The van der Waals surface area contributed by atoms with Crippen molar-refractivity contribution < 1.29 is 4.39 Å². The van der Waals surface area contributed by atoms with E-state index in [1.165, 1.54) is 4.57 Å². The lowest BCUT2D eigenvalue weighted by Crippen LogP contribution is -2.25. The molecule has 15 heavy (non-hydrogen) atoms. The van der Waals surface area contributed by atoms with Gasteiger partial charge in [0.1, 0.15) is 11.9 Å². The topological polar surface area (TPSA) is 34.0 Å². The maximum Gasteiger partial charge on any atom is 0.274 e. The van der Waals surface area contributed by atoms with Crippen LogP contribution in [0.2, 0.25) is 0 Å². The second-order valence-electron chi connectivity index (χ2n) is 4.25. The van der Waals surface area contributed by atoms with Crippen LogP contribution >= 0.6 is 0 Å². The smallest absolute Gasteiger partial charge is 0.274 e. The third-order valence-electron chi connectivity index (χ3n) is 2.46. The van der Waals surface area contributed by atoms with Crippen LogP contribution in [-0.2, 0) is 0 Å². The van der Waals surface area contributed by atoms with Crippen molar-refractivity contribution in [3.05, 3.63) is 28.7 Å². The summed E-state index contributed by atoms with van der Waals surface area (Å²) < 4.78 is 14.3. The molecule has 1 N–H and O–H groups in total. The van der Waals surface area contributed by atoms with Crippen LogP contribution in [-0.4, -0.2) is 16.8 Å². The third kappa shape index (κ3) is 2.03. The molecule has 1 fully saturated rings. The molecule has 0 spiro atoms. The lowest BCUT2D eigenvalue weighted by atomic mass is 10.3. The minimum absolute atomic E-state index is 0.128. The van der Waals surface area contributed by atoms with E-state index < -0.39 is 6.17 Å². The zero-order valence-electron chi connectivity index (χ0n) is 8.90. The van der Waals surface area contributed by atoms with Crippen LogP contribution < -0.4 is 10.9 Å². The number of aromatic nitrogens is 1. The standard InChI is InChI=1S/C11H15FN2O/c1-7(2)13-9-4-3-5-14(11(9)15)10-6-8(10)12/h3-5,7-8,10,13H,6H2,1-2H3/t8-,10-/m1/s1. The Morgan fingerprint density at radius 1 is 1.60 bits per heavy atom. The highest BCUT2D eigenvalue weighted by Crippen LogP contribution is 2.37. The Morgan fingerprint density at radius 3 is 2.80 bits per heavy atom. The summed E-state index contributed by atoms with van der Waals surface area (Å²) in [5.41, 5.74) is 0.419. The average molecular weight is 210 g/mol. The van der Waals surface area contributed by atoms with Crippen molar-refractivity contribution >= 4 is 5.69 Å². The van der Waals surface area contributed by atoms with Crippen LogP contribution in [0, 0.1) is 0 Å². The highest BCUT2D eigenvalue weighted by Gasteiger charge is 2.39. The van der Waals surface area contributed by atoms with E-state index in [0.717, 1.165) is 0 Å². The fraction of sp³-hybridized carbons (Fsp3) is 0.545. The molecule has 3 nitrogen and oxygen atoms in total. The SMILES string of the molecule is CC(C)Nc1cccn([C@@H]2C[C@H]2F)c1=O. The van der Waals surface area contributed by atoms with E-state index in [2.05, 4.69) is 5.32 Å². The summed E-state index contributed by atoms with van der Waals surface area (Å²) >= 11 is 0. The molecule has 0 aliphatic heterocycles. The predicted octanol–water partition coefficient (Wildman–Crippen LogP) is 1.95. The molecule has 0 aromatic carbocycles. The van der Waals surface area contributed by atoms with E-state index in [1.54, 1.807) is 18.3 Å². The molecule has 0 amide bonds. The van der Waals surface area contributed by atoms with E-state index in [4.69, 9.17) is 0 Å². The average Bonchev–Trinajstić information content (AvgIpc) is 2.86. The Kier molecular flexibility index (Phi) is 2.50. The summed E-state index contributed by atoms with van der Waals surface area (Å²) in [7, 11) is 0. The predicted molar refractivity (Wildman–Crippen MR) is 58.0 cm³/mol. The molecule has 1 heterocycles. The van der Waals surface area contributed by atoms with E-state index in [1.807, 2.05) is 13.8 Å². The lowest BCUT2D eigenvalue weighted by molar-refractivity contribution is 0.438. The van der Waals surface area contributed by atoms with Gasteiger partial charge in [-0.25, -0.2) is 4.39 Å². The van der Waals surface area contributed by atoms with Crippen LogP contribution in [0.15, 0.2) is 23.1 Å². The van der Waals surface area contributed by atoms with Crippen molar-refractivity contribution in [2.45, 2.75) is 38.5 Å². The molecule has 1 aliphatic rings. The number of anilines is 1. The number of nitrogens with one attached hydrogen (secondary N) is 1. The zero-order chi connectivity index (χ0) is 11.0. The van der Waals surface area contributed by atoms with E-state index in [9.17, 15) is 9.18 Å². The monoisotopic (exact) mass is 210 g/mol. The van der Waals surface area contributed by atoms with Gasteiger partial charge in [-0.1, -0.05) is 0 Å². The van der Waals surface area contributed by atoms with Gasteiger partial charge in [0, 0.05) is 18.7 Å². The number of hydrogen-bond donors (Lipinski definition) is 1. The third-order valence-corrected chi connectivity index (χ3v) is 2.46. The maximum atomic E-state index is 12.9. The molecule has 82 valence electrons. The summed E-state index contributed by atoms with van der Waals surface area (Å²) in [4.78, 5) is 11.9. The number of nitrogens with zero attached hydrogens (tertiary/aromatic N) is 1. The molecule has 1 aliphatic carbocycles. The fourth-order valence-corrected chi connectivity index (χ4v) is 1.63. The maximum absolute atomic E-state index is 12.9. The number of rotatable bonds is 3. The summed E-state index contributed by atoms with van der Waals surface area (Å²) in [6.07, 6.45) is 1.26. The Morgan fingerprint density at radius 2 is 2.27 bits per heavy atom. The van der Waals surface area contributed by atoms with Crippen molar-refractivity contribution in [3.63, 3.8) is 0 Å². The van der Waals surface area contributed by atoms with Crippen LogP contribution in [0.3, 0.4) is 0 Å². The van der Waals surface area contributed by atoms with Crippen molar-refractivity contribution in [3.8, 4) is 0 Å². The van der Waals surface area contributed by atoms with Gasteiger partial charge in [0.05, 0.1) is 6.04 Å². The first-order valence-corrected chi connectivity index (χ1v) is 5.21. The summed E-state index contributed by atoms with van der Waals surface area (Å²) in [6, 6.07) is 3.46. The number of hydrogen-bond acceptors (Lipinski definition) is 2. The number of pyridine rings is 1. The second-order valence-corrected chi connectivity index (χ2v) is 4.25. The normalized spacial score (nSPS) is 24.3. The van der Waals surface area contributed by atoms with Gasteiger partial charge in [0.2, 0.25) is 0 Å². The van der Waals surface area contributed by atoms with E-state index in [-0.39, 0.29) is 17.6 Å². The van der Waals surface area contributed by atoms with Gasteiger partial charge in [-0.15, -0.1) is 0 Å². The number of halogens is 1. The minimum atomic E-state index is -0.850. The van der Waals surface area contributed by atoms with Gasteiger partial charge in [-0.05, 0) is 26.0 Å². The Labute approximate surface area is 87.9 Å². The molecule has 0 unspecified atom stereocenters. The highest BCUT2D eigenvalue weighted by molar-refractivity contribution is 5.41. The Bertz CT molecular complexity index is 413. The summed E-state index contributed by atoms with van der Waals surface area (Å²) in [5, 5.41) is 3.06. The molecule has 1 aromatic rings. The zero-order valence-corrected chi connectivity index (χ0v) is 8.90. The summed E-state index contributed by atoms with van der Waals surface area (Å²) in [5.74, 6) is 0. The first-order valence-electron chi connectivity index (χ1n) is 5.21. The van der Waals surface area contributed by atoms with Gasteiger partial charge < -0.3 is 9.88 Å². The van der Waals surface area contributed by atoms with Crippen LogP contribution in [0.4, 0.5) is 10.1 Å². The molecule has 1 saturated carbocycles. The molecule has 0 saturated heterocycles. The van der Waals surface area contributed by atoms with E-state index in [0.29, 0.717) is 12.1 Å². The molecule has 2 rings (SSSR count). The van der Waals surface area contributed by atoms with Crippen molar-refractivity contribution in [1.29, 1.82) is 0 Å². The van der Waals surface area contributed by atoms with Crippen molar-refractivity contribution in [1.82, 2.24) is 4.57 Å². The summed E-state index contributed by atoms with van der Waals surface area (Å²) in [6.45, 7) is 3.93. The fourth-order valence-electron chi connectivity index (χ4n) is 1.63. The highest BCUT2D eigenvalue weighted by atomic mass is 19.1. The van der Waals surface area contributed by atoms with Gasteiger partial charge in [0.25, 0.3) is 5.56 Å². The molecular weight excluding hydrogens is 195 g/mol. The quantitative estimate of drug-likeness (QED) is 0.827. The van der Waals surface area contributed by atoms with Crippen molar-refractivity contribution in [2.75, 3.05) is 5.32 Å². The molecule has 4 heteroatoms. The molecule has 0 bridgehead atoms. The Hall–Kier alpha value is -1.32. The van der Waals surface area contributed by atoms with Crippen LogP contribution in [0.1, 0.15) is 26.3 Å². The minimum Gasteiger partial charge on any atom is -0.378 e. The van der Waals surface area contributed by atoms with Gasteiger partial charge in [-0.2, -0.15) is 0 Å². The largest absolute Gasteiger partial charge is 0.378 e. The van der Waals surface area contributed by atoms with Crippen LogP contribution in [0.5, 0.6) is 0 Å². The number of alkyl halides is 1. The first kappa shape index (κ1) is 10.2. The van der Waals surface area contributed by atoms with Crippen LogP contribution in [0.25, 0.3) is 0 Å². The molecular formula is C11H15FN2O. The first-order chi connectivity index (χ1) is 7.09. The Balaban J connectivity index is 2.30. The van der Waals surface area contributed by atoms with Gasteiger partial charge in [0.15, 0.2) is 0 Å². The molecule has 1 aromatic heterocycles. The van der Waals surface area contributed by atoms with Gasteiger partial charge >= 0.3 is 0 Å². The molecule has 2 atom stereocenters. The van der Waals surface area contributed by atoms with Gasteiger partial charge in [-0.3, -0.25) is 4.79 Å². The lowest BCUT2D eigenvalue weighted by Gasteiger charge is -2.11. The van der Waals surface area contributed by atoms with Crippen molar-refractivity contribution in [2.24, 2.45) is 0 Å². The molecule has 0 radical (unpaired) electrons.